The highest BCUT2D eigenvalue weighted by Gasteiger charge is 2.29. The molecule has 6 nitrogen and oxygen atoms in total. The van der Waals surface area contributed by atoms with Gasteiger partial charge in [0.15, 0.2) is 0 Å². The van der Waals surface area contributed by atoms with Gasteiger partial charge in [0.1, 0.15) is 4.99 Å². The Morgan fingerprint density at radius 3 is 2.24 bits per heavy atom. The minimum Gasteiger partial charge on any atom is -0.860 e. The monoisotopic (exact) mass is 327 g/mol. The zero-order valence-electron chi connectivity index (χ0n) is 12.2. The summed E-state index contributed by atoms with van der Waals surface area (Å²) in [4.78, 5) is 13.1. The standard InChI is InChI=1S/C13H20N4O2S2/c1-16(12(20)8-3-4-8)14-10(18)7-11(19)15-17(2)13(21)9-5-6-9/h8-9H,3-7H2,1-2H3,(H,14,18)(H,15,19)/p-1. The minimum absolute atomic E-state index is 0.310. The van der Waals surface area contributed by atoms with Gasteiger partial charge >= 0.3 is 0 Å². The molecule has 0 bridgehead atoms. The maximum absolute atomic E-state index is 11.8. The second kappa shape index (κ2) is 6.65. The van der Waals surface area contributed by atoms with E-state index < -0.39 is 11.8 Å². The van der Waals surface area contributed by atoms with Gasteiger partial charge in [-0.15, -0.1) is 0 Å². The first-order valence-electron chi connectivity index (χ1n) is 6.97. The van der Waals surface area contributed by atoms with Gasteiger partial charge in [0, 0.05) is 25.9 Å². The molecule has 2 fully saturated rings. The Morgan fingerprint density at radius 2 is 1.71 bits per heavy atom. The lowest BCUT2D eigenvalue weighted by Gasteiger charge is -2.22. The highest BCUT2D eigenvalue weighted by molar-refractivity contribution is 7.80. The first kappa shape index (κ1) is 16.1. The lowest BCUT2D eigenvalue weighted by molar-refractivity contribution is -0.220. The van der Waals surface area contributed by atoms with Crippen LogP contribution in [0, 0.1) is 11.8 Å². The zero-order valence-corrected chi connectivity index (χ0v) is 13.8. The Hall–Kier alpha value is -1.28. The van der Waals surface area contributed by atoms with Crippen molar-refractivity contribution in [2.45, 2.75) is 32.1 Å². The van der Waals surface area contributed by atoms with Gasteiger partial charge in [-0.2, -0.15) is 5.10 Å². The predicted octanol–water partition coefficient (Wildman–Crippen LogP) is 0.420. The van der Waals surface area contributed by atoms with Crippen LogP contribution in [-0.4, -0.2) is 45.9 Å². The highest BCUT2D eigenvalue weighted by Crippen LogP contribution is 2.32. The van der Waals surface area contributed by atoms with E-state index in [-0.39, 0.29) is 6.42 Å². The summed E-state index contributed by atoms with van der Waals surface area (Å²) in [6, 6.07) is 0. The normalized spacial score (nSPS) is 18.1. The van der Waals surface area contributed by atoms with E-state index >= 15 is 0 Å². The smallest absolute Gasteiger partial charge is 0.243 e. The van der Waals surface area contributed by atoms with E-state index in [0.29, 0.717) is 21.8 Å². The van der Waals surface area contributed by atoms with Crippen LogP contribution in [0.5, 0.6) is 0 Å². The molecular weight excluding hydrogens is 308 g/mol. The highest BCUT2D eigenvalue weighted by atomic mass is 32.1. The molecule has 2 aliphatic carbocycles. The Kier molecular flexibility index (Phi) is 5.10. The molecule has 2 saturated carbocycles. The van der Waals surface area contributed by atoms with Crippen molar-refractivity contribution in [3.8, 4) is 0 Å². The van der Waals surface area contributed by atoms with Crippen molar-refractivity contribution in [1.82, 2.24) is 15.4 Å². The number of amides is 1. The molecule has 2 aliphatic rings. The van der Waals surface area contributed by atoms with Crippen molar-refractivity contribution in [1.29, 1.82) is 0 Å². The van der Waals surface area contributed by atoms with Gasteiger partial charge in [0.2, 0.25) is 5.91 Å². The average molecular weight is 327 g/mol. The van der Waals surface area contributed by atoms with Crippen molar-refractivity contribution < 1.29 is 9.90 Å². The van der Waals surface area contributed by atoms with Gasteiger partial charge in [0.25, 0.3) is 0 Å². The van der Waals surface area contributed by atoms with Crippen LogP contribution < -0.4 is 10.5 Å². The molecule has 21 heavy (non-hydrogen) atoms. The summed E-state index contributed by atoms with van der Waals surface area (Å²) in [5.74, 6) is -0.186. The summed E-state index contributed by atoms with van der Waals surface area (Å²) in [7, 11) is 3.33. The van der Waals surface area contributed by atoms with Crippen molar-refractivity contribution >= 4 is 46.2 Å². The van der Waals surface area contributed by atoms with Crippen molar-refractivity contribution in [2.75, 3.05) is 14.1 Å². The molecule has 0 radical (unpaired) electrons. The molecule has 1 amide bonds. The molecular formula is C13H19N4O2S2-. The summed E-state index contributed by atoms with van der Waals surface area (Å²) in [6.45, 7) is 0. The number of hydrazine groups is 1. The molecule has 0 aromatic heterocycles. The topological polar surface area (TPSA) is 71.0 Å². The first-order chi connectivity index (χ1) is 9.88. The van der Waals surface area contributed by atoms with E-state index in [1.807, 2.05) is 0 Å². The van der Waals surface area contributed by atoms with Gasteiger partial charge in [-0.1, -0.05) is 24.4 Å². The van der Waals surface area contributed by atoms with E-state index in [9.17, 15) is 9.90 Å². The average Bonchev–Trinajstić information content (AvgIpc) is 3.29. The van der Waals surface area contributed by atoms with E-state index in [1.165, 1.54) is 10.0 Å². The number of hydrazone groups is 1. The number of rotatable bonds is 5. The van der Waals surface area contributed by atoms with Crippen LogP contribution in [0.15, 0.2) is 5.10 Å². The Bertz CT molecular complexity index is 487. The third-order valence-electron chi connectivity index (χ3n) is 3.37. The fourth-order valence-corrected chi connectivity index (χ4v) is 2.43. The van der Waals surface area contributed by atoms with Gasteiger partial charge < -0.3 is 5.11 Å². The first-order valence-corrected chi connectivity index (χ1v) is 7.79. The van der Waals surface area contributed by atoms with E-state index in [0.717, 1.165) is 25.7 Å². The number of carbonyl (C=O) groups excluding carboxylic acids is 1. The summed E-state index contributed by atoms with van der Waals surface area (Å²) >= 11 is 10.4. The van der Waals surface area contributed by atoms with Gasteiger partial charge in [-0.25, -0.2) is 0 Å². The summed E-state index contributed by atoms with van der Waals surface area (Å²) in [5.41, 5.74) is 2.59. The predicted molar refractivity (Wildman–Crippen MR) is 86.4 cm³/mol. The molecule has 2 rings (SSSR count). The molecule has 0 heterocycles. The van der Waals surface area contributed by atoms with Crippen LogP contribution in [0.3, 0.4) is 0 Å². The third-order valence-corrected chi connectivity index (χ3v) is 4.57. The number of hydrogen-bond donors (Lipinski definition) is 1. The van der Waals surface area contributed by atoms with Crippen LogP contribution in [0.4, 0.5) is 0 Å². The number of nitrogens with zero attached hydrogens (tertiary/aromatic N) is 3. The number of thiocarbonyl (C=S) groups is 2. The van der Waals surface area contributed by atoms with Crippen LogP contribution in [0.2, 0.25) is 0 Å². The Morgan fingerprint density at radius 1 is 1.19 bits per heavy atom. The zero-order chi connectivity index (χ0) is 15.6. The van der Waals surface area contributed by atoms with Gasteiger partial charge in [-0.3, -0.25) is 20.2 Å². The number of nitrogens with one attached hydrogen (secondary N) is 1. The van der Waals surface area contributed by atoms with E-state index in [2.05, 4.69) is 10.5 Å². The SMILES string of the molecule is CN(/N=C(\[O-])CC(=O)NN(C)C(=S)C1CC1)C(=S)C1CC1. The summed E-state index contributed by atoms with van der Waals surface area (Å²) < 4.78 is 0. The van der Waals surface area contributed by atoms with Crippen LogP contribution >= 0.6 is 24.4 Å². The molecule has 1 N–H and O–H groups in total. The van der Waals surface area contributed by atoms with Crippen LogP contribution in [0.1, 0.15) is 32.1 Å². The molecule has 0 unspecified atom stereocenters. The molecule has 0 atom stereocenters. The Labute approximate surface area is 135 Å². The van der Waals surface area contributed by atoms with E-state index in [4.69, 9.17) is 24.4 Å². The fraction of sp³-hybridized carbons (Fsp3) is 0.692. The second-order valence-corrected chi connectivity index (χ2v) is 6.35. The minimum atomic E-state index is -0.510. The largest absolute Gasteiger partial charge is 0.860 e. The van der Waals surface area contributed by atoms with Crippen molar-refractivity contribution in [2.24, 2.45) is 16.9 Å². The van der Waals surface area contributed by atoms with Crippen LogP contribution in [-0.2, 0) is 4.79 Å². The third kappa shape index (κ3) is 4.89. The van der Waals surface area contributed by atoms with E-state index in [1.54, 1.807) is 14.1 Å². The summed E-state index contributed by atoms with van der Waals surface area (Å²) in [5, 5.41) is 18.5. The maximum atomic E-state index is 11.8. The molecule has 8 heteroatoms. The van der Waals surface area contributed by atoms with Crippen molar-refractivity contribution in [3.05, 3.63) is 0 Å². The Balaban J connectivity index is 1.77. The molecule has 116 valence electrons. The fourth-order valence-electron chi connectivity index (χ4n) is 1.87. The van der Waals surface area contributed by atoms with Crippen molar-refractivity contribution in [3.63, 3.8) is 0 Å². The lowest BCUT2D eigenvalue weighted by atomic mass is 10.4. The number of carbonyl (C=O) groups is 1. The lowest BCUT2D eigenvalue weighted by Crippen LogP contribution is -2.45. The maximum Gasteiger partial charge on any atom is 0.243 e. The van der Waals surface area contributed by atoms with Gasteiger partial charge in [-0.05, 0) is 31.6 Å². The number of hydrogen-bond acceptors (Lipinski definition) is 5. The molecule has 0 spiro atoms. The molecule has 0 aromatic carbocycles. The quantitative estimate of drug-likeness (QED) is 0.342. The van der Waals surface area contributed by atoms with Gasteiger partial charge in [0.05, 0.1) is 11.4 Å². The second-order valence-electron chi connectivity index (χ2n) is 5.51. The molecule has 0 aromatic rings. The molecule has 0 saturated heterocycles. The van der Waals surface area contributed by atoms with Crippen LogP contribution in [0.25, 0.3) is 0 Å². The molecule has 0 aliphatic heterocycles. The summed E-state index contributed by atoms with van der Waals surface area (Å²) in [6.07, 6.45) is 3.93.